The van der Waals surface area contributed by atoms with Crippen molar-refractivity contribution in [3.8, 4) is 22.4 Å². The number of nitrogens with one attached hydrogen (secondary N) is 1. The van der Waals surface area contributed by atoms with Crippen LogP contribution in [0.15, 0.2) is 115 Å². The van der Waals surface area contributed by atoms with Gasteiger partial charge in [0.1, 0.15) is 6.54 Å². The summed E-state index contributed by atoms with van der Waals surface area (Å²) in [7, 11) is 0. The maximum atomic E-state index is 13.0. The molecule has 1 heterocycles. The number of rotatable bonds is 7. The van der Waals surface area contributed by atoms with E-state index >= 15 is 0 Å². The Morgan fingerprint density at radius 2 is 1.32 bits per heavy atom. The van der Waals surface area contributed by atoms with Crippen LogP contribution >= 0.6 is 0 Å². The van der Waals surface area contributed by atoms with Crippen molar-refractivity contribution in [2.45, 2.75) is 25.9 Å². The lowest BCUT2D eigenvalue weighted by molar-refractivity contribution is -0.122. The number of para-hydroxylation sites is 1. The predicted octanol–water partition coefficient (Wildman–Crippen LogP) is 6.72. The van der Waals surface area contributed by atoms with Gasteiger partial charge in [-0.05, 0) is 47.7 Å². The predicted molar refractivity (Wildman–Crippen MR) is 141 cm³/mol. The van der Waals surface area contributed by atoms with Gasteiger partial charge in [0.25, 0.3) is 0 Å². The van der Waals surface area contributed by atoms with Crippen LogP contribution in [0, 0.1) is 0 Å². The highest BCUT2D eigenvalue weighted by atomic mass is 16.2. The van der Waals surface area contributed by atoms with Gasteiger partial charge in [-0.2, -0.15) is 0 Å². The Hall–Kier alpha value is -4.11. The van der Waals surface area contributed by atoms with Crippen LogP contribution in [0.4, 0.5) is 0 Å². The van der Waals surface area contributed by atoms with Crippen molar-refractivity contribution in [3.63, 3.8) is 0 Å². The molecule has 5 rings (SSSR count). The second kappa shape index (κ2) is 9.80. The monoisotopic (exact) mass is 444 g/mol. The van der Waals surface area contributed by atoms with Gasteiger partial charge < -0.3 is 9.88 Å². The van der Waals surface area contributed by atoms with Gasteiger partial charge >= 0.3 is 0 Å². The molecule has 1 N–H and O–H groups in total. The molecule has 34 heavy (non-hydrogen) atoms. The summed E-state index contributed by atoms with van der Waals surface area (Å²) in [6, 6.07) is 39.6. The largest absolute Gasteiger partial charge is 0.352 e. The average Bonchev–Trinajstić information content (AvgIpc) is 3.23. The molecular formula is C31H28N2O. The van der Waals surface area contributed by atoms with E-state index in [4.69, 9.17) is 0 Å². The molecule has 0 saturated carbocycles. The molecule has 3 heteroatoms. The molecule has 0 aliphatic heterocycles. The molecule has 168 valence electrons. The number of carbonyl (C=O) groups is 1. The van der Waals surface area contributed by atoms with E-state index in [2.05, 4.69) is 95.7 Å². The van der Waals surface area contributed by atoms with E-state index in [1.165, 1.54) is 16.7 Å². The lowest BCUT2D eigenvalue weighted by Crippen LogP contribution is -2.36. The topological polar surface area (TPSA) is 34.0 Å². The number of nitrogens with zero attached hydrogens (tertiary/aromatic N) is 1. The number of hydrogen-bond acceptors (Lipinski definition) is 1. The van der Waals surface area contributed by atoms with E-state index in [1.54, 1.807) is 0 Å². The standard InChI is InChI=1S/C31H28N2O/c1-23(20-24-16-18-26(19-17-24)25-10-4-2-5-11-25)32-31(34)22-33-29-15-9-8-14-28(29)21-30(33)27-12-6-3-7-13-27/h2-19,21,23H,20,22H2,1H3,(H,32,34). The van der Waals surface area contributed by atoms with Gasteiger partial charge in [0.2, 0.25) is 5.91 Å². The third-order valence-electron chi connectivity index (χ3n) is 6.19. The third-order valence-corrected chi connectivity index (χ3v) is 6.19. The lowest BCUT2D eigenvalue weighted by Gasteiger charge is -2.16. The van der Waals surface area contributed by atoms with Crippen molar-refractivity contribution in [1.29, 1.82) is 0 Å². The number of fused-ring (bicyclic) bond motifs is 1. The summed E-state index contributed by atoms with van der Waals surface area (Å²) in [5.41, 5.74) is 6.86. The van der Waals surface area contributed by atoms with Crippen molar-refractivity contribution in [1.82, 2.24) is 9.88 Å². The molecule has 0 radical (unpaired) electrons. The summed E-state index contributed by atoms with van der Waals surface area (Å²) in [5, 5.41) is 4.34. The highest BCUT2D eigenvalue weighted by molar-refractivity contribution is 5.89. The van der Waals surface area contributed by atoms with Crippen LogP contribution in [0.2, 0.25) is 0 Å². The summed E-state index contributed by atoms with van der Waals surface area (Å²) in [6.07, 6.45) is 0.790. The first-order valence-corrected chi connectivity index (χ1v) is 11.7. The number of aromatic nitrogens is 1. The fourth-order valence-electron chi connectivity index (χ4n) is 4.56. The molecule has 3 nitrogen and oxygen atoms in total. The fraction of sp³-hybridized carbons (Fsp3) is 0.129. The van der Waals surface area contributed by atoms with Crippen LogP contribution in [0.1, 0.15) is 12.5 Å². The normalized spacial score (nSPS) is 11.9. The van der Waals surface area contributed by atoms with E-state index in [0.717, 1.165) is 28.6 Å². The van der Waals surface area contributed by atoms with E-state index in [0.29, 0.717) is 0 Å². The Morgan fingerprint density at radius 1 is 0.735 bits per heavy atom. The second-order valence-electron chi connectivity index (χ2n) is 8.78. The van der Waals surface area contributed by atoms with Crippen molar-refractivity contribution in [2.75, 3.05) is 0 Å². The van der Waals surface area contributed by atoms with E-state index in [1.807, 2.05) is 36.4 Å². The maximum absolute atomic E-state index is 13.0. The number of carbonyl (C=O) groups excluding carboxylic acids is 1. The molecule has 0 aliphatic rings. The first-order valence-electron chi connectivity index (χ1n) is 11.7. The summed E-state index contributed by atoms with van der Waals surface area (Å²) in [4.78, 5) is 13.0. The minimum Gasteiger partial charge on any atom is -0.352 e. The smallest absolute Gasteiger partial charge is 0.240 e. The lowest BCUT2D eigenvalue weighted by atomic mass is 10.0. The van der Waals surface area contributed by atoms with Crippen molar-refractivity contribution in [3.05, 3.63) is 121 Å². The average molecular weight is 445 g/mol. The molecule has 0 bridgehead atoms. The van der Waals surface area contributed by atoms with Crippen LogP contribution in [0.25, 0.3) is 33.3 Å². The van der Waals surface area contributed by atoms with E-state index in [9.17, 15) is 4.79 Å². The van der Waals surface area contributed by atoms with Crippen LogP contribution < -0.4 is 5.32 Å². The highest BCUT2D eigenvalue weighted by Gasteiger charge is 2.15. The van der Waals surface area contributed by atoms with Gasteiger partial charge in [0.05, 0.1) is 0 Å². The summed E-state index contributed by atoms with van der Waals surface area (Å²) >= 11 is 0. The Morgan fingerprint density at radius 3 is 2.03 bits per heavy atom. The van der Waals surface area contributed by atoms with E-state index in [-0.39, 0.29) is 18.5 Å². The second-order valence-corrected chi connectivity index (χ2v) is 8.78. The molecular weight excluding hydrogens is 416 g/mol. The van der Waals surface area contributed by atoms with E-state index < -0.39 is 0 Å². The maximum Gasteiger partial charge on any atom is 0.240 e. The molecule has 0 aliphatic carbocycles. The molecule has 1 aromatic heterocycles. The summed E-state index contributed by atoms with van der Waals surface area (Å²) in [6.45, 7) is 2.35. The Balaban J connectivity index is 1.28. The first-order chi connectivity index (χ1) is 16.7. The highest BCUT2D eigenvalue weighted by Crippen LogP contribution is 2.28. The molecule has 1 unspecified atom stereocenters. The zero-order valence-corrected chi connectivity index (χ0v) is 19.3. The SMILES string of the molecule is CC(Cc1ccc(-c2ccccc2)cc1)NC(=O)Cn1c(-c2ccccc2)cc2ccccc21. The Kier molecular flexibility index (Phi) is 6.26. The first kappa shape index (κ1) is 21.7. The minimum atomic E-state index is 0.0203. The van der Waals surface area contributed by atoms with Gasteiger partial charge in [-0.1, -0.05) is 103 Å². The van der Waals surface area contributed by atoms with Crippen molar-refractivity contribution >= 4 is 16.8 Å². The molecule has 4 aromatic carbocycles. The fourth-order valence-corrected chi connectivity index (χ4v) is 4.56. The number of hydrogen-bond donors (Lipinski definition) is 1. The van der Waals surface area contributed by atoms with Crippen LogP contribution in [0.3, 0.4) is 0 Å². The zero-order chi connectivity index (χ0) is 23.3. The van der Waals surface area contributed by atoms with Crippen molar-refractivity contribution in [2.24, 2.45) is 0 Å². The molecule has 5 aromatic rings. The van der Waals surface area contributed by atoms with Gasteiger partial charge in [-0.25, -0.2) is 0 Å². The Labute approximate surface area is 200 Å². The van der Waals surface area contributed by atoms with Crippen LogP contribution in [-0.4, -0.2) is 16.5 Å². The number of amides is 1. The summed E-state index contributed by atoms with van der Waals surface area (Å²) < 4.78 is 2.11. The molecule has 1 amide bonds. The molecule has 0 fully saturated rings. The van der Waals surface area contributed by atoms with Gasteiger partial charge in [0.15, 0.2) is 0 Å². The summed E-state index contributed by atoms with van der Waals surface area (Å²) in [5.74, 6) is 0.0203. The van der Waals surface area contributed by atoms with Crippen LogP contribution in [-0.2, 0) is 17.8 Å². The molecule has 0 spiro atoms. The zero-order valence-electron chi connectivity index (χ0n) is 19.3. The van der Waals surface area contributed by atoms with Gasteiger partial charge in [-0.15, -0.1) is 0 Å². The Bertz CT molecular complexity index is 1390. The number of benzene rings is 4. The van der Waals surface area contributed by atoms with Gasteiger partial charge in [0, 0.05) is 22.6 Å². The third kappa shape index (κ3) is 4.79. The quantitative estimate of drug-likeness (QED) is 0.297. The van der Waals surface area contributed by atoms with Crippen LogP contribution in [0.5, 0.6) is 0 Å². The van der Waals surface area contributed by atoms with Crippen molar-refractivity contribution < 1.29 is 4.79 Å². The minimum absolute atomic E-state index is 0.0203. The molecule has 1 atom stereocenters. The molecule has 0 saturated heterocycles. The van der Waals surface area contributed by atoms with Gasteiger partial charge in [-0.3, -0.25) is 4.79 Å².